The molecule has 1 unspecified atom stereocenters. The second-order valence-electron chi connectivity index (χ2n) is 7.27. The van der Waals surface area contributed by atoms with Gasteiger partial charge in [0, 0.05) is 38.0 Å². The minimum absolute atomic E-state index is 0. The summed E-state index contributed by atoms with van der Waals surface area (Å²) in [4.78, 5) is 11.8. The maximum Gasteiger partial charge on any atom is 0.133 e. The summed E-state index contributed by atoms with van der Waals surface area (Å²) < 4.78 is 0. The van der Waals surface area contributed by atoms with Crippen molar-refractivity contribution in [1.82, 2.24) is 20.2 Å². The van der Waals surface area contributed by atoms with Crippen LogP contribution >= 0.6 is 24.8 Å². The Hall–Kier alpha value is -0.660. The highest BCUT2D eigenvalue weighted by Gasteiger charge is 2.18. The molecule has 1 fully saturated rings. The normalized spacial score (nSPS) is 18.9. The average molecular weight is 420 g/mol. The van der Waals surface area contributed by atoms with Crippen molar-refractivity contribution >= 4 is 30.6 Å². The van der Waals surface area contributed by atoms with E-state index in [9.17, 15) is 5.11 Å². The highest BCUT2D eigenvalue weighted by atomic mass is 35.5. The van der Waals surface area contributed by atoms with Crippen molar-refractivity contribution < 1.29 is 5.11 Å². The number of aromatic nitrogens is 2. The summed E-state index contributed by atoms with van der Waals surface area (Å²) in [7, 11) is 0. The van der Waals surface area contributed by atoms with Gasteiger partial charge in [-0.05, 0) is 38.9 Å². The highest BCUT2D eigenvalue weighted by Crippen LogP contribution is 2.20. The van der Waals surface area contributed by atoms with Crippen LogP contribution in [0.15, 0.2) is 0 Å². The van der Waals surface area contributed by atoms with Gasteiger partial charge >= 0.3 is 0 Å². The number of aliphatic hydroxyl groups is 1. The van der Waals surface area contributed by atoms with Crippen LogP contribution < -0.4 is 10.6 Å². The summed E-state index contributed by atoms with van der Waals surface area (Å²) in [5, 5.41) is 17.3. The van der Waals surface area contributed by atoms with Crippen LogP contribution in [-0.2, 0) is 19.3 Å². The van der Waals surface area contributed by atoms with Crippen LogP contribution in [0.3, 0.4) is 0 Å². The van der Waals surface area contributed by atoms with Crippen LogP contribution in [0.4, 0.5) is 5.82 Å². The molecule has 2 aliphatic heterocycles. The lowest BCUT2D eigenvalue weighted by atomic mass is 10.1. The van der Waals surface area contributed by atoms with Gasteiger partial charge in [0.15, 0.2) is 0 Å². The molecule has 1 saturated heterocycles. The Kier molecular flexibility index (Phi) is 11.5. The summed E-state index contributed by atoms with van der Waals surface area (Å²) in [5.74, 6) is 1.82. The molecule has 1 atom stereocenters. The third-order valence-electron chi connectivity index (χ3n) is 5.22. The van der Waals surface area contributed by atoms with Crippen LogP contribution in [0.25, 0.3) is 0 Å². The number of nitrogens with one attached hydrogen (secondary N) is 2. The Morgan fingerprint density at radius 1 is 1.07 bits per heavy atom. The number of nitrogens with zero attached hydrogens (tertiary/aromatic N) is 3. The first-order valence-electron chi connectivity index (χ1n) is 10.00. The van der Waals surface area contributed by atoms with Crippen LogP contribution in [0.2, 0.25) is 0 Å². The molecule has 0 bridgehead atoms. The Bertz CT molecular complexity index is 553. The van der Waals surface area contributed by atoms with Crippen LogP contribution in [-0.4, -0.2) is 65.3 Å². The Labute approximate surface area is 175 Å². The second-order valence-corrected chi connectivity index (χ2v) is 7.27. The first-order valence-corrected chi connectivity index (χ1v) is 10.00. The van der Waals surface area contributed by atoms with Gasteiger partial charge < -0.3 is 20.6 Å². The number of β-amino-alcohol motifs (C(OH)–C–C–N with tert-alkyl or cyclic N) is 1. The number of fused-ring (bicyclic) bond motifs is 1. The Morgan fingerprint density at radius 2 is 1.78 bits per heavy atom. The van der Waals surface area contributed by atoms with E-state index in [4.69, 9.17) is 9.97 Å². The van der Waals surface area contributed by atoms with Gasteiger partial charge in [-0.25, -0.2) is 9.97 Å². The van der Waals surface area contributed by atoms with Crippen molar-refractivity contribution in [2.24, 2.45) is 0 Å². The fourth-order valence-corrected chi connectivity index (χ4v) is 3.80. The molecule has 8 heteroatoms. The van der Waals surface area contributed by atoms with Crippen molar-refractivity contribution in [2.75, 3.05) is 44.6 Å². The molecule has 0 saturated carbocycles. The molecule has 27 heavy (non-hydrogen) atoms. The van der Waals surface area contributed by atoms with Gasteiger partial charge in [0.2, 0.25) is 0 Å². The highest BCUT2D eigenvalue weighted by molar-refractivity contribution is 5.85. The van der Waals surface area contributed by atoms with E-state index in [0.717, 1.165) is 63.6 Å². The van der Waals surface area contributed by atoms with Crippen LogP contribution in [0, 0.1) is 0 Å². The van der Waals surface area contributed by atoms with E-state index in [0.29, 0.717) is 6.54 Å². The largest absolute Gasteiger partial charge is 0.390 e. The van der Waals surface area contributed by atoms with Crippen molar-refractivity contribution in [3.63, 3.8) is 0 Å². The van der Waals surface area contributed by atoms with E-state index >= 15 is 0 Å². The molecule has 0 spiro atoms. The van der Waals surface area contributed by atoms with Crippen molar-refractivity contribution in [3.05, 3.63) is 17.1 Å². The van der Waals surface area contributed by atoms with E-state index in [-0.39, 0.29) is 30.9 Å². The quantitative estimate of drug-likeness (QED) is 0.656. The lowest BCUT2D eigenvalue weighted by Crippen LogP contribution is -2.37. The molecule has 3 N–H and O–H groups in total. The second kappa shape index (κ2) is 12.7. The van der Waals surface area contributed by atoms with E-state index in [1.54, 1.807) is 0 Å². The fourth-order valence-electron chi connectivity index (χ4n) is 3.80. The molecule has 6 nitrogen and oxygen atoms in total. The molecule has 1 aromatic rings. The van der Waals surface area contributed by atoms with Gasteiger partial charge in [-0.1, -0.05) is 19.8 Å². The van der Waals surface area contributed by atoms with Crippen molar-refractivity contribution in [2.45, 2.75) is 58.0 Å². The van der Waals surface area contributed by atoms with Gasteiger partial charge in [0.1, 0.15) is 11.6 Å². The van der Waals surface area contributed by atoms with Crippen LogP contribution in [0.5, 0.6) is 0 Å². The fraction of sp³-hybridized carbons (Fsp3) is 0.789. The maximum absolute atomic E-state index is 10.5. The number of anilines is 1. The Balaban J connectivity index is 0.00000182. The SMILES string of the molecule is CCc1nc2c(c(NCC(O)CN3CCCCCC3)n1)CCNCC2.Cl.Cl. The van der Waals surface area contributed by atoms with E-state index in [1.165, 1.54) is 36.9 Å². The molecule has 0 aliphatic carbocycles. The van der Waals surface area contributed by atoms with Crippen molar-refractivity contribution in [3.8, 4) is 0 Å². The number of aliphatic hydroxyl groups excluding tert-OH is 1. The molecule has 0 radical (unpaired) electrons. The summed E-state index contributed by atoms with van der Waals surface area (Å²) >= 11 is 0. The molecular weight excluding hydrogens is 385 g/mol. The predicted octanol–water partition coefficient (Wildman–Crippen LogP) is 2.22. The number of halogens is 2. The van der Waals surface area contributed by atoms with E-state index < -0.39 is 0 Å². The van der Waals surface area contributed by atoms with Gasteiger partial charge in [-0.15, -0.1) is 24.8 Å². The Morgan fingerprint density at radius 3 is 2.48 bits per heavy atom. The zero-order valence-electron chi connectivity index (χ0n) is 16.4. The number of likely N-dealkylation sites (tertiary alicyclic amines) is 1. The van der Waals surface area contributed by atoms with Gasteiger partial charge in [-0.3, -0.25) is 0 Å². The molecule has 3 heterocycles. The third kappa shape index (κ3) is 7.35. The summed E-state index contributed by atoms with van der Waals surface area (Å²) in [6.07, 6.45) is 7.54. The third-order valence-corrected chi connectivity index (χ3v) is 5.22. The molecule has 1 aromatic heterocycles. The van der Waals surface area contributed by atoms with Gasteiger partial charge in [0.25, 0.3) is 0 Å². The topological polar surface area (TPSA) is 73.3 Å². The van der Waals surface area contributed by atoms with Gasteiger partial charge in [-0.2, -0.15) is 0 Å². The van der Waals surface area contributed by atoms with Crippen molar-refractivity contribution in [1.29, 1.82) is 0 Å². The monoisotopic (exact) mass is 419 g/mol. The predicted molar refractivity (Wildman–Crippen MR) is 116 cm³/mol. The summed E-state index contributed by atoms with van der Waals surface area (Å²) in [6, 6.07) is 0. The lowest BCUT2D eigenvalue weighted by molar-refractivity contribution is 0.124. The summed E-state index contributed by atoms with van der Waals surface area (Å²) in [6.45, 7) is 7.57. The first kappa shape index (κ1) is 24.4. The van der Waals surface area contributed by atoms with Gasteiger partial charge in [0.05, 0.1) is 11.8 Å². The smallest absolute Gasteiger partial charge is 0.133 e. The first-order chi connectivity index (χ1) is 12.3. The molecule has 3 rings (SSSR count). The minimum atomic E-state index is -0.363. The molecule has 0 amide bonds. The number of aryl methyl sites for hydroxylation is 1. The molecule has 2 aliphatic rings. The lowest BCUT2D eigenvalue weighted by Gasteiger charge is -2.24. The van der Waals surface area contributed by atoms with E-state index in [2.05, 4.69) is 22.5 Å². The number of hydrogen-bond donors (Lipinski definition) is 3. The zero-order chi connectivity index (χ0) is 17.5. The number of hydrogen-bond acceptors (Lipinski definition) is 6. The summed E-state index contributed by atoms with van der Waals surface area (Å²) in [5.41, 5.74) is 2.39. The zero-order valence-corrected chi connectivity index (χ0v) is 18.0. The standard InChI is InChI=1S/C19H33N5O.2ClH/c1-2-18-22-17-8-10-20-9-7-16(17)19(23-18)21-13-15(25)14-24-11-5-3-4-6-12-24;;/h15,20,25H,2-14H2,1H3,(H,21,22,23);2*1H. The minimum Gasteiger partial charge on any atom is -0.390 e. The maximum atomic E-state index is 10.5. The number of rotatable bonds is 6. The molecule has 0 aromatic carbocycles. The molecule has 156 valence electrons. The molecular formula is C19H35Cl2N5O. The van der Waals surface area contributed by atoms with E-state index in [1.807, 2.05) is 0 Å². The van der Waals surface area contributed by atoms with Crippen LogP contribution in [0.1, 0.15) is 49.7 Å². The average Bonchev–Trinajstić information content (AvgIpc) is 3.02.